The third-order valence-electron chi connectivity index (χ3n) is 4.65. The van der Waals surface area contributed by atoms with Gasteiger partial charge in [-0.15, -0.1) is 0 Å². The number of aliphatic imine (C=N–C) groups is 1. The molecule has 0 aromatic carbocycles. The molecule has 2 aliphatic rings. The highest BCUT2D eigenvalue weighted by atomic mass is 32.2. The van der Waals surface area contributed by atoms with Gasteiger partial charge in [0, 0.05) is 31.0 Å². The van der Waals surface area contributed by atoms with Crippen LogP contribution in [0.15, 0.2) is 41.3 Å². The number of allylic oxidation sites excluding steroid dienone is 2. The van der Waals surface area contributed by atoms with Gasteiger partial charge in [-0.05, 0) is 38.3 Å². The molecular formula is C18H25FN4O2S. The first-order valence-corrected chi connectivity index (χ1v) is 9.52. The highest BCUT2D eigenvalue weighted by Crippen LogP contribution is 2.35. The average molecular weight is 380 g/mol. The van der Waals surface area contributed by atoms with Crippen LogP contribution < -0.4 is 11.1 Å². The molecule has 6 nitrogen and oxygen atoms in total. The van der Waals surface area contributed by atoms with Gasteiger partial charge in [-0.2, -0.15) is 0 Å². The zero-order valence-corrected chi connectivity index (χ0v) is 15.9. The van der Waals surface area contributed by atoms with E-state index in [0.717, 1.165) is 18.2 Å². The Morgan fingerprint density at radius 3 is 2.88 bits per heavy atom. The Morgan fingerprint density at radius 1 is 1.54 bits per heavy atom. The van der Waals surface area contributed by atoms with E-state index in [1.54, 1.807) is 11.8 Å². The molecule has 2 atom stereocenters. The monoisotopic (exact) mass is 380 g/mol. The Labute approximate surface area is 157 Å². The van der Waals surface area contributed by atoms with Gasteiger partial charge in [-0.1, -0.05) is 18.3 Å². The minimum absolute atomic E-state index is 0.123. The van der Waals surface area contributed by atoms with Gasteiger partial charge in [0.1, 0.15) is 11.9 Å². The number of carbonyl (C=O) groups is 2. The second-order valence-electron chi connectivity index (χ2n) is 6.50. The topological polar surface area (TPSA) is 87.8 Å². The number of hydrogen-bond acceptors (Lipinski definition) is 5. The molecule has 2 amide bonds. The van der Waals surface area contributed by atoms with Gasteiger partial charge in [0.2, 0.25) is 11.8 Å². The molecule has 1 saturated heterocycles. The fourth-order valence-electron chi connectivity index (χ4n) is 3.23. The third kappa shape index (κ3) is 4.55. The van der Waals surface area contributed by atoms with Gasteiger partial charge in [0.05, 0.1) is 5.54 Å². The summed E-state index contributed by atoms with van der Waals surface area (Å²) in [6, 6.07) is -0.482. The lowest BCUT2D eigenvalue weighted by atomic mass is 9.88. The first-order valence-electron chi connectivity index (χ1n) is 8.53. The molecule has 26 heavy (non-hydrogen) atoms. The van der Waals surface area contributed by atoms with Crippen LogP contribution >= 0.6 is 11.8 Å². The van der Waals surface area contributed by atoms with Crippen molar-refractivity contribution in [3.05, 3.63) is 36.3 Å². The smallest absolute Gasteiger partial charge is 0.246 e. The van der Waals surface area contributed by atoms with Crippen molar-refractivity contribution < 1.29 is 14.0 Å². The van der Waals surface area contributed by atoms with Gasteiger partial charge in [-0.25, -0.2) is 4.39 Å². The molecule has 2 unspecified atom stereocenters. The molecule has 0 saturated carbocycles. The van der Waals surface area contributed by atoms with E-state index in [1.807, 2.05) is 0 Å². The molecule has 2 aliphatic heterocycles. The Morgan fingerprint density at radius 2 is 2.27 bits per heavy atom. The van der Waals surface area contributed by atoms with Gasteiger partial charge < -0.3 is 16.0 Å². The van der Waals surface area contributed by atoms with E-state index in [0.29, 0.717) is 30.1 Å². The molecule has 0 radical (unpaired) electrons. The summed E-state index contributed by atoms with van der Waals surface area (Å²) in [5.74, 6) is -0.176. The number of likely N-dealkylation sites (tertiary alicyclic amines) is 1. The summed E-state index contributed by atoms with van der Waals surface area (Å²) in [5.41, 5.74) is 5.30. The van der Waals surface area contributed by atoms with Crippen LogP contribution in [-0.4, -0.2) is 45.8 Å². The van der Waals surface area contributed by atoms with Gasteiger partial charge in [0.15, 0.2) is 5.17 Å². The molecule has 0 bridgehead atoms. The highest BCUT2D eigenvalue weighted by Gasteiger charge is 2.33. The number of halogens is 1. The molecule has 8 heteroatoms. The molecular weight excluding hydrogens is 355 g/mol. The third-order valence-corrected chi connectivity index (χ3v) is 5.44. The zero-order chi connectivity index (χ0) is 19.3. The van der Waals surface area contributed by atoms with Crippen LogP contribution in [-0.2, 0) is 9.59 Å². The van der Waals surface area contributed by atoms with E-state index in [2.05, 4.69) is 16.9 Å². The van der Waals surface area contributed by atoms with Gasteiger partial charge >= 0.3 is 0 Å². The maximum Gasteiger partial charge on any atom is 0.246 e. The standard InChI is InChI=1S/C18H25FN4O2S/c1-4-14(19)13(18(3)8-11-26-17(20)22-18)7-9-21-16(25)15-6-5-10-23(15)12(2)24/h4,7,9,15H,1,5-6,8,10-11H2,2-3H3,(H2,20,22)(H,21,25)/b9-7+,14-13-. The number of nitrogens with zero attached hydrogens (tertiary/aromatic N) is 2. The summed E-state index contributed by atoms with van der Waals surface area (Å²) >= 11 is 1.43. The van der Waals surface area contributed by atoms with Crippen LogP contribution in [0.25, 0.3) is 0 Å². The van der Waals surface area contributed by atoms with E-state index in [4.69, 9.17) is 5.73 Å². The molecule has 0 aromatic heterocycles. The van der Waals surface area contributed by atoms with E-state index in [9.17, 15) is 14.0 Å². The fourth-order valence-corrected chi connectivity index (χ4v) is 4.20. The number of carbonyl (C=O) groups excluding carboxylic acids is 2. The largest absolute Gasteiger partial charge is 0.379 e. The van der Waals surface area contributed by atoms with Crippen molar-refractivity contribution in [1.29, 1.82) is 0 Å². The van der Waals surface area contributed by atoms with Crippen LogP contribution in [0.5, 0.6) is 0 Å². The zero-order valence-electron chi connectivity index (χ0n) is 15.1. The van der Waals surface area contributed by atoms with Crippen molar-refractivity contribution in [1.82, 2.24) is 10.2 Å². The van der Waals surface area contributed by atoms with Crippen molar-refractivity contribution in [2.45, 2.75) is 44.7 Å². The minimum Gasteiger partial charge on any atom is -0.379 e. The summed E-state index contributed by atoms with van der Waals surface area (Å²) < 4.78 is 14.4. The summed E-state index contributed by atoms with van der Waals surface area (Å²) in [6.07, 6.45) is 6.05. The molecule has 0 spiro atoms. The fraction of sp³-hybridized carbons (Fsp3) is 0.500. The van der Waals surface area contributed by atoms with Crippen molar-refractivity contribution >= 4 is 28.7 Å². The van der Waals surface area contributed by atoms with E-state index in [1.165, 1.54) is 31.0 Å². The SMILES string of the molecule is C=C/C(F)=C(\C=C\NC(=O)C1CCCN1C(C)=O)C1(C)CCSC(N)=N1. The normalized spacial score (nSPS) is 27.1. The highest BCUT2D eigenvalue weighted by molar-refractivity contribution is 8.13. The van der Waals surface area contributed by atoms with E-state index in [-0.39, 0.29) is 11.8 Å². The molecule has 142 valence electrons. The summed E-state index contributed by atoms with van der Waals surface area (Å²) in [6.45, 7) is 7.31. The minimum atomic E-state index is -0.812. The predicted octanol–water partition coefficient (Wildman–Crippen LogP) is 2.25. The maximum atomic E-state index is 14.4. The summed E-state index contributed by atoms with van der Waals surface area (Å²) in [7, 11) is 0. The Bertz CT molecular complexity index is 689. The number of rotatable bonds is 5. The second-order valence-corrected chi connectivity index (χ2v) is 7.62. The van der Waals surface area contributed by atoms with E-state index >= 15 is 0 Å². The lowest BCUT2D eigenvalue weighted by Gasteiger charge is -2.30. The molecule has 2 heterocycles. The Hall–Kier alpha value is -2.09. The summed E-state index contributed by atoms with van der Waals surface area (Å²) in [4.78, 5) is 29.9. The Balaban J connectivity index is 2.15. The Kier molecular flexibility index (Phi) is 6.63. The number of amides is 2. The predicted molar refractivity (Wildman–Crippen MR) is 103 cm³/mol. The second kappa shape index (κ2) is 8.53. The number of hydrogen-bond donors (Lipinski definition) is 2. The number of thioether (sulfide) groups is 1. The van der Waals surface area contributed by atoms with Crippen molar-refractivity contribution in [3.63, 3.8) is 0 Å². The molecule has 0 aromatic rings. The van der Waals surface area contributed by atoms with Crippen LogP contribution in [0.3, 0.4) is 0 Å². The first-order chi connectivity index (χ1) is 12.3. The lowest BCUT2D eigenvalue weighted by Crippen LogP contribution is -2.43. The average Bonchev–Trinajstić information content (AvgIpc) is 3.07. The number of nitrogens with one attached hydrogen (secondary N) is 1. The van der Waals surface area contributed by atoms with E-state index < -0.39 is 17.4 Å². The van der Waals surface area contributed by atoms with Crippen LogP contribution in [0.1, 0.15) is 33.1 Å². The van der Waals surface area contributed by atoms with Crippen LogP contribution in [0.4, 0.5) is 4.39 Å². The first kappa shape index (κ1) is 20.2. The van der Waals surface area contributed by atoms with Crippen molar-refractivity contribution in [3.8, 4) is 0 Å². The maximum absolute atomic E-state index is 14.4. The van der Waals surface area contributed by atoms with Crippen molar-refractivity contribution in [2.24, 2.45) is 10.7 Å². The van der Waals surface area contributed by atoms with Gasteiger partial charge in [-0.3, -0.25) is 14.6 Å². The quantitative estimate of drug-likeness (QED) is 0.716. The molecule has 3 N–H and O–H groups in total. The summed E-state index contributed by atoms with van der Waals surface area (Å²) in [5, 5.41) is 3.06. The molecule has 0 aliphatic carbocycles. The number of nitrogens with two attached hydrogens (primary N) is 1. The number of amidine groups is 1. The van der Waals surface area contributed by atoms with Gasteiger partial charge in [0.25, 0.3) is 0 Å². The molecule has 1 fully saturated rings. The van der Waals surface area contributed by atoms with Crippen molar-refractivity contribution in [2.75, 3.05) is 12.3 Å². The lowest BCUT2D eigenvalue weighted by molar-refractivity contribution is -0.136. The molecule has 2 rings (SSSR count). The van der Waals surface area contributed by atoms with Crippen LogP contribution in [0.2, 0.25) is 0 Å². The van der Waals surface area contributed by atoms with Crippen LogP contribution in [0, 0.1) is 0 Å².